The Morgan fingerprint density at radius 2 is 1.77 bits per heavy atom. The number of benzene rings is 2. The zero-order chi connectivity index (χ0) is 25.1. The van der Waals surface area contributed by atoms with Gasteiger partial charge in [-0.15, -0.1) is 0 Å². The van der Waals surface area contributed by atoms with Gasteiger partial charge in [-0.25, -0.2) is 0 Å². The molecule has 2 aromatic carbocycles. The van der Waals surface area contributed by atoms with E-state index in [4.69, 9.17) is 14.2 Å². The molecular weight excluding hydrogens is 440 g/mol. The Kier molecular flexibility index (Phi) is 5.35. The van der Waals surface area contributed by atoms with E-state index in [9.17, 15) is 9.90 Å². The molecular formula is C30H32O5. The van der Waals surface area contributed by atoms with Gasteiger partial charge in [-0.05, 0) is 83.9 Å². The summed E-state index contributed by atoms with van der Waals surface area (Å²) < 4.78 is 18.8. The molecule has 2 aromatic rings. The number of aromatic hydroxyl groups is 1. The van der Waals surface area contributed by atoms with Gasteiger partial charge in [-0.3, -0.25) is 4.79 Å². The molecule has 35 heavy (non-hydrogen) atoms. The standard InChI is InChI=1S/C30H32O5/c1-17(2)7-9-20-26(32)25-22(31)16-24(33-28(25)21-12-14-30(5,6)35-27(20)21)18-8-10-23-19(15-18)11-13-29(3,4)34-23/h7-8,10-15,24,32H,9,16H2,1-6H3/t24-/m0/s1. The van der Waals surface area contributed by atoms with Crippen LogP contribution in [0.4, 0.5) is 0 Å². The Hall–Kier alpha value is -3.47. The van der Waals surface area contributed by atoms with Gasteiger partial charge in [0, 0.05) is 11.1 Å². The molecule has 0 aliphatic carbocycles. The van der Waals surface area contributed by atoms with Crippen LogP contribution in [0.2, 0.25) is 0 Å². The minimum absolute atomic E-state index is 0.0465. The van der Waals surface area contributed by atoms with Gasteiger partial charge in [-0.2, -0.15) is 0 Å². The van der Waals surface area contributed by atoms with E-state index in [1.807, 2.05) is 90.1 Å². The summed E-state index contributed by atoms with van der Waals surface area (Å²) in [5, 5.41) is 11.2. The summed E-state index contributed by atoms with van der Waals surface area (Å²) in [5.74, 6) is 1.58. The Bertz CT molecular complexity index is 1320. The predicted molar refractivity (Wildman–Crippen MR) is 137 cm³/mol. The Balaban J connectivity index is 1.59. The van der Waals surface area contributed by atoms with Gasteiger partial charge in [0.05, 0.1) is 12.0 Å². The number of Topliss-reactive ketones (excluding diaryl/α,β-unsaturated/α-hetero) is 1. The number of hydrogen-bond acceptors (Lipinski definition) is 5. The first-order chi connectivity index (χ1) is 16.4. The van der Waals surface area contributed by atoms with Crippen LogP contribution in [0.25, 0.3) is 12.2 Å². The SMILES string of the molecule is CC(C)=CCc1c(O)c2c(c3c1OC(C)(C)C=C3)O[C@H](c1ccc3c(c1)C=CC(C)(C)O3)CC2=O. The first kappa shape index (κ1) is 23.3. The molecule has 182 valence electrons. The van der Waals surface area contributed by atoms with Gasteiger partial charge in [-0.1, -0.05) is 23.8 Å². The molecule has 0 saturated carbocycles. The van der Waals surface area contributed by atoms with Crippen LogP contribution in [0.15, 0.2) is 42.0 Å². The third-order valence-electron chi connectivity index (χ3n) is 6.60. The highest BCUT2D eigenvalue weighted by atomic mass is 16.5. The molecule has 0 bridgehead atoms. The van der Waals surface area contributed by atoms with Crippen molar-refractivity contribution in [3.05, 3.63) is 69.8 Å². The second-order valence-electron chi connectivity index (χ2n) is 10.9. The summed E-state index contributed by atoms with van der Waals surface area (Å²) in [5.41, 5.74) is 3.64. The van der Waals surface area contributed by atoms with E-state index >= 15 is 0 Å². The molecule has 0 aromatic heterocycles. The lowest BCUT2D eigenvalue weighted by Crippen LogP contribution is -2.30. The third-order valence-corrected chi connectivity index (χ3v) is 6.60. The molecule has 0 radical (unpaired) electrons. The maximum atomic E-state index is 13.4. The average molecular weight is 473 g/mol. The van der Waals surface area contributed by atoms with Gasteiger partial charge in [0.25, 0.3) is 0 Å². The molecule has 0 saturated heterocycles. The molecule has 0 spiro atoms. The van der Waals surface area contributed by atoms with Gasteiger partial charge >= 0.3 is 0 Å². The molecule has 1 atom stereocenters. The van der Waals surface area contributed by atoms with Gasteiger partial charge in [0.2, 0.25) is 0 Å². The van der Waals surface area contributed by atoms with Crippen molar-refractivity contribution in [2.45, 2.75) is 71.7 Å². The van der Waals surface area contributed by atoms with Crippen molar-refractivity contribution in [3.63, 3.8) is 0 Å². The molecule has 0 unspecified atom stereocenters. The van der Waals surface area contributed by atoms with Crippen molar-refractivity contribution in [2.75, 3.05) is 0 Å². The number of phenolic OH excluding ortho intramolecular Hbond substituents is 1. The van der Waals surface area contributed by atoms with Crippen molar-refractivity contribution in [3.8, 4) is 23.0 Å². The smallest absolute Gasteiger partial charge is 0.174 e. The number of carbonyl (C=O) groups is 1. The highest BCUT2D eigenvalue weighted by Gasteiger charge is 2.38. The fraction of sp³-hybridized carbons (Fsp3) is 0.367. The van der Waals surface area contributed by atoms with Crippen LogP contribution in [0, 0.1) is 0 Å². The summed E-state index contributed by atoms with van der Waals surface area (Å²) in [6.07, 6.45) is 10.1. The summed E-state index contributed by atoms with van der Waals surface area (Å²) in [6.45, 7) is 12.0. The maximum absolute atomic E-state index is 13.4. The number of fused-ring (bicyclic) bond motifs is 4. The normalized spacial score (nSPS) is 20.5. The number of rotatable bonds is 3. The molecule has 0 fully saturated rings. The fourth-order valence-corrected chi connectivity index (χ4v) is 4.73. The average Bonchev–Trinajstić information content (AvgIpc) is 2.76. The molecule has 0 amide bonds. The summed E-state index contributed by atoms with van der Waals surface area (Å²) in [7, 11) is 0. The molecule has 3 heterocycles. The van der Waals surface area contributed by atoms with Gasteiger partial charge in [0.1, 0.15) is 45.9 Å². The molecule has 3 aliphatic rings. The lowest BCUT2D eigenvalue weighted by Gasteiger charge is -2.34. The monoisotopic (exact) mass is 472 g/mol. The highest BCUT2D eigenvalue weighted by Crippen LogP contribution is 2.51. The summed E-state index contributed by atoms with van der Waals surface area (Å²) >= 11 is 0. The lowest BCUT2D eigenvalue weighted by atomic mass is 9.88. The van der Waals surface area contributed by atoms with Crippen LogP contribution in [0.1, 0.15) is 86.7 Å². The van der Waals surface area contributed by atoms with Gasteiger partial charge in [0.15, 0.2) is 5.78 Å². The topological polar surface area (TPSA) is 65.0 Å². The largest absolute Gasteiger partial charge is 0.507 e. The number of hydrogen-bond donors (Lipinski definition) is 1. The van der Waals surface area contributed by atoms with Crippen LogP contribution in [0.3, 0.4) is 0 Å². The lowest BCUT2D eigenvalue weighted by molar-refractivity contribution is 0.0840. The minimum atomic E-state index is -0.538. The second-order valence-corrected chi connectivity index (χ2v) is 10.9. The van der Waals surface area contributed by atoms with Crippen LogP contribution in [-0.4, -0.2) is 22.1 Å². The van der Waals surface area contributed by atoms with Crippen LogP contribution < -0.4 is 14.2 Å². The predicted octanol–water partition coefficient (Wildman–Crippen LogP) is 6.98. The Labute approximate surface area is 206 Å². The molecule has 5 nitrogen and oxygen atoms in total. The maximum Gasteiger partial charge on any atom is 0.174 e. The number of allylic oxidation sites excluding steroid dienone is 2. The van der Waals surface area contributed by atoms with E-state index in [0.717, 1.165) is 22.4 Å². The van der Waals surface area contributed by atoms with Crippen molar-refractivity contribution < 1.29 is 24.1 Å². The minimum Gasteiger partial charge on any atom is -0.507 e. The van der Waals surface area contributed by atoms with Crippen LogP contribution >= 0.6 is 0 Å². The molecule has 1 N–H and O–H groups in total. The zero-order valence-corrected chi connectivity index (χ0v) is 21.2. The third kappa shape index (κ3) is 4.24. The molecule has 5 heteroatoms. The van der Waals surface area contributed by atoms with E-state index in [1.165, 1.54) is 0 Å². The van der Waals surface area contributed by atoms with Crippen molar-refractivity contribution >= 4 is 17.9 Å². The van der Waals surface area contributed by atoms with Gasteiger partial charge < -0.3 is 19.3 Å². The summed E-state index contributed by atoms with van der Waals surface area (Å²) in [6, 6.07) is 5.89. The zero-order valence-electron chi connectivity index (χ0n) is 21.2. The van der Waals surface area contributed by atoms with Crippen molar-refractivity contribution in [1.82, 2.24) is 0 Å². The molecule has 3 aliphatic heterocycles. The van der Waals surface area contributed by atoms with Crippen LogP contribution in [-0.2, 0) is 6.42 Å². The van der Waals surface area contributed by atoms with E-state index in [1.54, 1.807) is 0 Å². The van der Waals surface area contributed by atoms with E-state index in [0.29, 0.717) is 29.0 Å². The van der Waals surface area contributed by atoms with Crippen molar-refractivity contribution in [2.24, 2.45) is 0 Å². The van der Waals surface area contributed by atoms with E-state index in [2.05, 4.69) is 0 Å². The Morgan fingerprint density at radius 3 is 2.51 bits per heavy atom. The fourth-order valence-electron chi connectivity index (χ4n) is 4.73. The second kappa shape index (κ2) is 8.04. The first-order valence-electron chi connectivity index (χ1n) is 12.1. The molecule has 5 rings (SSSR count). The quantitative estimate of drug-likeness (QED) is 0.489. The number of ether oxygens (including phenoxy) is 3. The van der Waals surface area contributed by atoms with Crippen LogP contribution in [0.5, 0.6) is 23.0 Å². The van der Waals surface area contributed by atoms with E-state index < -0.39 is 11.7 Å². The highest BCUT2D eigenvalue weighted by molar-refractivity contribution is 6.05. The van der Waals surface area contributed by atoms with Crippen molar-refractivity contribution in [1.29, 1.82) is 0 Å². The number of carbonyl (C=O) groups excluding carboxylic acids is 1. The number of phenols is 1. The van der Waals surface area contributed by atoms with E-state index in [-0.39, 0.29) is 29.1 Å². The number of ketones is 1. The Morgan fingerprint density at radius 1 is 1.06 bits per heavy atom. The summed E-state index contributed by atoms with van der Waals surface area (Å²) in [4.78, 5) is 13.4. The first-order valence-corrected chi connectivity index (χ1v) is 12.1.